The number of carbonyl (C=O) groups is 1. The van der Waals surface area contributed by atoms with Crippen molar-refractivity contribution in [3.8, 4) is 0 Å². The number of hydrogen-bond donors (Lipinski definition) is 2. The first-order valence-electron chi connectivity index (χ1n) is 8.13. The van der Waals surface area contributed by atoms with Gasteiger partial charge in [0.15, 0.2) is 5.13 Å². The Labute approximate surface area is 147 Å². The lowest BCUT2D eigenvalue weighted by Gasteiger charge is -2.30. The second-order valence-electron chi connectivity index (χ2n) is 6.18. The predicted octanol–water partition coefficient (Wildman–Crippen LogP) is 2.47. The molecule has 0 fully saturated rings. The summed E-state index contributed by atoms with van der Waals surface area (Å²) in [5.41, 5.74) is 0.435. The van der Waals surface area contributed by atoms with Crippen molar-refractivity contribution >= 4 is 28.2 Å². The van der Waals surface area contributed by atoms with Crippen molar-refractivity contribution in [3.63, 3.8) is 0 Å². The summed E-state index contributed by atoms with van der Waals surface area (Å²) in [5.74, 6) is 0.692. The number of thiazole rings is 1. The lowest BCUT2D eigenvalue weighted by Crippen LogP contribution is -2.42. The molecule has 0 unspecified atom stereocenters. The summed E-state index contributed by atoms with van der Waals surface area (Å²) in [4.78, 5) is 18.9. The quantitative estimate of drug-likeness (QED) is 0.765. The van der Waals surface area contributed by atoms with Gasteiger partial charge in [-0.05, 0) is 27.7 Å². The van der Waals surface area contributed by atoms with E-state index in [0.717, 1.165) is 12.4 Å². The van der Waals surface area contributed by atoms with Crippen LogP contribution in [-0.2, 0) is 7.05 Å². The highest BCUT2D eigenvalue weighted by molar-refractivity contribution is 7.14. The van der Waals surface area contributed by atoms with Gasteiger partial charge in [-0.2, -0.15) is 5.10 Å². The molecule has 0 atom stereocenters. The van der Waals surface area contributed by atoms with E-state index in [1.165, 1.54) is 11.3 Å². The zero-order valence-corrected chi connectivity index (χ0v) is 15.7. The number of rotatable bonds is 8. The zero-order chi connectivity index (χ0) is 17.7. The molecule has 0 aliphatic heterocycles. The molecule has 2 rings (SSSR count). The van der Waals surface area contributed by atoms with Crippen molar-refractivity contribution in [3.05, 3.63) is 23.3 Å². The van der Waals surface area contributed by atoms with Gasteiger partial charge in [0.1, 0.15) is 11.5 Å². The molecule has 0 aliphatic rings. The Balaban J connectivity index is 1.86. The number of nitrogens with one attached hydrogen (secondary N) is 2. The fraction of sp³-hybridized carbons (Fsp3) is 0.562. The van der Waals surface area contributed by atoms with Crippen LogP contribution in [0.3, 0.4) is 0 Å². The van der Waals surface area contributed by atoms with Gasteiger partial charge >= 0.3 is 0 Å². The van der Waals surface area contributed by atoms with Crippen LogP contribution in [0.15, 0.2) is 17.6 Å². The normalized spacial score (nSPS) is 11.5. The minimum absolute atomic E-state index is 0.142. The fourth-order valence-electron chi connectivity index (χ4n) is 2.54. The highest BCUT2D eigenvalue weighted by Gasteiger charge is 2.15. The van der Waals surface area contributed by atoms with Crippen LogP contribution in [0.2, 0.25) is 0 Å². The number of nitrogens with zero attached hydrogens (tertiary/aromatic N) is 4. The lowest BCUT2D eigenvalue weighted by molar-refractivity contribution is 0.0935. The molecule has 2 N–H and O–H groups in total. The molecule has 2 heterocycles. The Morgan fingerprint density at radius 2 is 2.04 bits per heavy atom. The van der Waals surface area contributed by atoms with Gasteiger partial charge in [0.05, 0.1) is 6.20 Å². The summed E-state index contributed by atoms with van der Waals surface area (Å²) in [6, 6.07) is 2.76. The van der Waals surface area contributed by atoms with Crippen molar-refractivity contribution in [1.29, 1.82) is 0 Å². The molecule has 0 spiro atoms. The third-order valence-electron chi connectivity index (χ3n) is 3.77. The number of aryl methyl sites for hydroxylation is 1. The Morgan fingerprint density at radius 3 is 2.62 bits per heavy atom. The summed E-state index contributed by atoms with van der Waals surface area (Å²) in [7, 11) is 1.85. The number of anilines is 2. The molecule has 0 radical (unpaired) electrons. The zero-order valence-electron chi connectivity index (χ0n) is 14.9. The largest absolute Gasteiger partial charge is 0.349 e. The van der Waals surface area contributed by atoms with Crippen molar-refractivity contribution in [2.75, 3.05) is 18.4 Å². The molecule has 0 aromatic carbocycles. The molecule has 132 valence electrons. The average molecular weight is 350 g/mol. The van der Waals surface area contributed by atoms with E-state index in [9.17, 15) is 4.79 Å². The molecule has 8 heteroatoms. The highest BCUT2D eigenvalue weighted by Crippen LogP contribution is 2.20. The molecule has 0 bridgehead atoms. The van der Waals surface area contributed by atoms with E-state index in [1.54, 1.807) is 16.3 Å². The van der Waals surface area contributed by atoms with E-state index in [2.05, 4.69) is 53.3 Å². The number of aromatic nitrogens is 3. The molecule has 2 aromatic heterocycles. The van der Waals surface area contributed by atoms with Crippen LogP contribution in [0, 0.1) is 0 Å². The number of amides is 1. The van der Waals surface area contributed by atoms with E-state index in [4.69, 9.17) is 0 Å². The number of carbonyl (C=O) groups excluding carboxylic acids is 1. The van der Waals surface area contributed by atoms with E-state index < -0.39 is 0 Å². The first-order valence-corrected chi connectivity index (χ1v) is 9.01. The SMILES string of the molecule is CC(C)N(CCNC(=O)c1csc(Nc2ccnn2C)n1)C(C)C. The summed E-state index contributed by atoms with van der Waals surface area (Å²) >= 11 is 1.40. The standard InChI is InChI=1S/C16H26N6OS/c1-11(2)22(12(3)4)9-8-17-15(23)13-10-24-16(19-13)20-14-6-7-18-21(14)5/h6-7,10-12H,8-9H2,1-5H3,(H,17,23)(H,19,20). The summed E-state index contributed by atoms with van der Waals surface area (Å²) in [6.07, 6.45) is 1.71. The van der Waals surface area contributed by atoms with Gasteiger partial charge in [-0.25, -0.2) is 4.98 Å². The number of hydrogen-bond acceptors (Lipinski definition) is 6. The van der Waals surface area contributed by atoms with Gasteiger partial charge in [-0.1, -0.05) is 0 Å². The van der Waals surface area contributed by atoms with Gasteiger partial charge in [0.2, 0.25) is 0 Å². The van der Waals surface area contributed by atoms with E-state index >= 15 is 0 Å². The summed E-state index contributed by atoms with van der Waals surface area (Å²) in [5, 5.41) is 12.6. The highest BCUT2D eigenvalue weighted by atomic mass is 32.1. The van der Waals surface area contributed by atoms with Crippen molar-refractivity contribution in [2.45, 2.75) is 39.8 Å². The van der Waals surface area contributed by atoms with Gasteiger partial charge < -0.3 is 10.6 Å². The lowest BCUT2D eigenvalue weighted by atomic mass is 10.2. The third-order valence-corrected chi connectivity index (χ3v) is 4.53. The van der Waals surface area contributed by atoms with Crippen molar-refractivity contribution < 1.29 is 4.79 Å². The minimum Gasteiger partial charge on any atom is -0.349 e. The van der Waals surface area contributed by atoms with Gasteiger partial charge in [-0.3, -0.25) is 14.4 Å². The Kier molecular flexibility index (Phi) is 6.33. The molecule has 0 aliphatic carbocycles. The maximum Gasteiger partial charge on any atom is 0.270 e. The van der Waals surface area contributed by atoms with Crippen molar-refractivity contribution in [1.82, 2.24) is 25.0 Å². The Hall–Kier alpha value is -1.93. The Bertz CT molecular complexity index is 655. The first-order chi connectivity index (χ1) is 11.4. The molecular formula is C16H26N6OS. The van der Waals surface area contributed by atoms with Crippen LogP contribution in [0.4, 0.5) is 10.9 Å². The van der Waals surface area contributed by atoms with Crippen molar-refractivity contribution in [2.24, 2.45) is 7.05 Å². The first kappa shape index (κ1) is 18.4. The molecule has 24 heavy (non-hydrogen) atoms. The van der Waals surface area contributed by atoms with Crippen LogP contribution < -0.4 is 10.6 Å². The maximum atomic E-state index is 12.2. The van der Waals surface area contributed by atoms with E-state index in [-0.39, 0.29) is 5.91 Å². The smallest absolute Gasteiger partial charge is 0.270 e. The van der Waals surface area contributed by atoms with Crippen LogP contribution in [0.25, 0.3) is 0 Å². The molecule has 2 aromatic rings. The minimum atomic E-state index is -0.142. The topological polar surface area (TPSA) is 75.1 Å². The van der Waals surface area contributed by atoms with Gasteiger partial charge in [0.25, 0.3) is 5.91 Å². The van der Waals surface area contributed by atoms with Crippen LogP contribution in [-0.4, -0.2) is 50.7 Å². The maximum absolute atomic E-state index is 12.2. The van der Waals surface area contributed by atoms with Crippen LogP contribution in [0.1, 0.15) is 38.2 Å². The third kappa shape index (κ3) is 4.78. The van der Waals surface area contributed by atoms with E-state index in [1.807, 2.05) is 13.1 Å². The molecule has 0 saturated heterocycles. The molecule has 7 nitrogen and oxygen atoms in total. The fourth-order valence-corrected chi connectivity index (χ4v) is 3.24. The van der Waals surface area contributed by atoms with Crippen LogP contribution >= 0.6 is 11.3 Å². The van der Waals surface area contributed by atoms with E-state index in [0.29, 0.717) is 29.5 Å². The average Bonchev–Trinajstić information content (AvgIpc) is 3.13. The molecular weight excluding hydrogens is 324 g/mol. The van der Waals surface area contributed by atoms with Crippen LogP contribution in [0.5, 0.6) is 0 Å². The van der Waals surface area contributed by atoms with Gasteiger partial charge in [-0.15, -0.1) is 11.3 Å². The second-order valence-corrected chi connectivity index (χ2v) is 7.04. The Morgan fingerprint density at radius 1 is 1.33 bits per heavy atom. The summed E-state index contributed by atoms with van der Waals surface area (Å²) < 4.78 is 1.72. The predicted molar refractivity (Wildman–Crippen MR) is 97.9 cm³/mol. The monoisotopic (exact) mass is 350 g/mol. The summed E-state index contributed by atoms with van der Waals surface area (Å²) in [6.45, 7) is 10.1. The second kappa shape index (κ2) is 8.25. The van der Waals surface area contributed by atoms with Gasteiger partial charge in [0, 0.05) is 43.7 Å². The molecule has 0 saturated carbocycles. The molecule has 1 amide bonds.